The highest BCUT2D eigenvalue weighted by Gasteiger charge is 2.47. The third-order valence-electron chi connectivity index (χ3n) is 6.38. The molecule has 188 valence electrons. The van der Waals surface area contributed by atoms with Gasteiger partial charge in [0.25, 0.3) is 5.91 Å². The van der Waals surface area contributed by atoms with E-state index in [-0.39, 0.29) is 18.1 Å². The van der Waals surface area contributed by atoms with Crippen LogP contribution in [-0.4, -0.2) is 33.0 Å². The van der Waals surface area contributed by atoms with E-state index in [1.54, 1.807) is 54.6 Å². The number of anilines is 1. The smallest absolute Gasteiger partial charge is 0.344 e. The van der Waals surface area contributed by atoms with Crippen LogP contribution in [-0.2, 0) is 4.79 Å². The molecule has 10 heteroatoms. The maximum atomic E-state index is 13.7. The minimum Gasteiger partial charge on any atom is -0.493 e. The molecule has 0 aliphatic carbocycles. The van der Waals surface area contributed by atoms with Crippen LogP contribution in [0.2, 0.25) is 5.02 Å². The molecule has 0 unspecified atom stereocenters. The Morgan fingerprint density at radius 3 is 2.51 bits per heavy atom. The zero-order chi connectivity index (χ0) is 25.7. The zero-order valence-corrected chi connectivity index (χ0v) is 20.5. The summed E-state index contributed by atoms with van der Waals surface area (Å²) in [7, 11) is 2.95. The van der Waals surface area contributed by atoms with Crippen molar-refractivity contribution < 1.29 is 32.9 Å². The first-order valence-electron chi connectivity index (χ1n) is 11.3. The number of amides is 1. The highest BCUT2D eigenvalue weighted by atomic mass is 35.5. The summed E-state index contributed by atoms with van der Waals surface area (Å²) in [6.07, 6.45) is -1.15. The summed E-state index contributed by atoms with van der Waals surface area (Å²) in [5.41, 5.74) is 0.869. The normalized spacial score (nSPS) is 17.3. The van der Waals surface area contributed by atoms with Gasteiger partial charge in [0, 0.05) is 16.3 Å². The van der Waals surface area contributed by atoms with Gasteiger partial charge in [0.1, 0.15) is 11.3 Å². The van der Waals surface area contributed by atoms with E-state index in [2.05, 4.69) is 5.32 Å². The van der Waals surface area contributed by atoms with Gasteiger partial charge in [0.05, 0.1) is 31.1 Å². The molecule has 3 aromatic carbocycles. The molecule has 0 saturated heterocycles. The predicted octanol–water partition coefficient (Wildman–Crippen LogP) is 4.72. The van der Waals surface area contributed by atoms with Crippen LogP contribution < -0.4 is 34.6 Å². The van der Waals surface area contributed by atoms with Crippen molar-refractivity contribution >= 4 is 34.2 Å². The minimum atomic E-state index is -1.15. The molecule has 2 aliphatic heterocycles. The first-order chi connectivity index (χ1) is 18.0. The number of hydrogen-bond donors (Lipinski definition) is 1. The molecule has 1 amide bonds. The number of hydrogen-bond acceptors (Lipinski definition) is 8. The molecule has 9 nitrogen and oxygen atoms in total. The van der Waals surface area contributed by atoms with Crippen molar-refractivity contribution in [3.8, 4) is 28.7 Å². The molecule has 0 radical (unpaired) electrons. The van der Waals surface area contributed by atoms with E-state index >= 15 is 0 Å². The van der Waals surface area contributed by atoms with Crippen LogP contribution in [0.5, 0.6) is 28.7 Å². The molecule has 0 spiro atoms. The number of halogens is 1. The molecule has 0 fully saturated rings. The second kappa shape index (κ2) is 8.94. The van der Waals surface area contributed by atoms with E-state index in [0.29, 0.717) is 50.2 Å². The molecule has 2 aliphatic rings. The molecule has 4 aromatic rings. The van der Waals surface area contributed by atoms with Crippen molar-refractivity contribution in [2.24, 2.45) is 0 Å². The Balaban J connectivity index is 1.56. The number of methoxy groups -OCH3 is 2. The minimum absolute atomic E-state index is 0.0312. The topological polar surface area (TPSA) is 105 Å². The Labute approximate surface area is 215 Å². The van der Waals surface area contributed by atoms with Gasteiger partial charge in [-0.05, 0) is 42.5 Å². The number of ether oxygens (including phenoxy) is 5. The number of benzene rings is 3. The molecular formula is C27H20ClNO8. The molecule has 1 N–H and O–H groups in total. The second-order valence-electron chi connectivity index (χ2n) is 8.41. The van der Waals surface area contributed by atoms with Gasteiger partial charge in [-0.3, -0.25) is 4.79 Å². The molecule has 1 aromatic heterocycles. The molecule has 2 atom stereocenters. The van der Waals surface area contributed by atoms with E-state index in [0.717, 1.165) is 0 Å². The average molecular weight is 522 g/mol. The Kier molecular flexibility index (Phi) is 5.57. The van der Waals surface area contributed by atoms with Crippen molar-refractivity contribution in [2.45, 2.75) is 12.0 Å². The van der Waals surface area contributed by atoms with E-state index in [1.165, 1.54) is 14.2 Å². The molecule has 6 rings (SSSR count). The van der Waals surface area contributed by atoms with Crippen LogP contribution in [0, 0.1) is 0 Å². The Morgan fingerprint density at radius 2 is 1.76 bits per heavy atom. The summed E-state index contributed by atoms with van der Waals surface area (Å²) in [4.78, 5) is 27.0. The van der Waals surface area contributed by atoms with E-state index in [1.807, 2.05) is 0 Å². The van der Waals surface area contributed by atoms with Gasteiger partial charge in [0.2, 0.25) is 18.3 Å². The Morgan fingerprint density at radius 1 is 1.00 bits per heavy atom. The van der Waals surface area contributed by atoms with Crippen molar-refractivity contribution in [1.82, 2.24) is 0 Å². The number of carbonyl (C=O) groups is 1. The maximum Gasteiger partial charge on any atom is 0.344 e. The third-order valence-corrected chi connectivity index (χ3v) is 6.63. The van der Waals surface area contributed by atoms with Gasteiger partial charge < -0.3 is 33.4 Å². The van der Waals surface area contributed by atoms with Gasteiger partial charge in [-0.15, -0.1) is 0 Å². The number of para-hydroxylation sites is 1. The Hall–Kier alpha value is -4.37. The summed E-state index contributed by atoms with van der Waals surface area (Å²) in [5.74, 6) is 0.215. The lowest BCUT2D eigenvalue weighted by atomic mass is 9.87. The summed E-state index contributed by atoms with van der Waals surface area (Å²) in [6, 6.07) is 15.3. The van der Waals surface area contributed by atoms with Crippen LogP contribution in [0.4, 0.5) is 5.69 Å². The fraction of sp³-hybridized carbons (Fsp3) is 0.185. The van der Waals surface area contributed by atoms with Crippen molar-refractivity contribution in [1.29, 1.82) is 0 Å². The summed E-state index contributed by atoms with van der Waals surface area (Å²) >= 11 is 5.99. The highest BCUT2D eigenvalue weighted by molar-refractivity contribution is 6.30. The lowest BCUT2D eigenvalue weighted by molar-refractivity contribution is -0.122. The van der Waals surface area contributed by atoms with Crippen molar-refractivity contribution in [3.05, 3.63) is 81.2 Å². The third kappa shape index (κ3) is 3.70. The fourth-order valence-electron chi connectivity index (χ4n) is 4.77. The first kappa shape index (κ1) is 23.1. The molecule has 37 heavy (non-hydrogen) atoms. The van der Waals surface area contributed by atoms with E-state index in [9.17, 15) is 9.59 Å². The van der Waals surface area contributed by atoms with Crippen LogP contribution >= 0.6 is 11.6 Å². The van der Waals surface area contributed by atoms with Crippen LogP contribution in [0.25, 0.3) is 11.0 Å². The number of fused-ring (bicyclic) bond motifs is 4. The summed E-state index contributed by atoms with van der Waals surface area (Å²) in [5, 5.41) is 3.94. The van der Waals surface area contributed by atoms with Crippen LogP contribution in [0.3, 0.4) is 0 Å². The molecular weight excluding hydrogens is 502 g/mol. The van der Waals surface area contributed by atoms with Crippen molar-refractivity contribution in [2.75, 3.05) is 26.3 Å². The Bertz CT molecular complexity index is 1600. The number of carbonyl (C=O) groups excluding carboxylic acids is 1. The first-order valence-corrected chi connectivity index (χ1v) is 11.7. The standard InChI is InChI=1S/C27H20ClNO8/c1-32-18-11-16(22(33-2)25-23(18)34-12-35-25)19-20-21(15-5-3-4-6-17(15)36-27(20)31)37-24(19)26(30)29-14-9-7-13(28)8-10-14/h3-11,19,24H,12H2,1-2H3,(H,29,30)/t19-,24+/m1/s1. The monoisotopic (exact) mass is 521 g/mol. The summed E-state index contributed by atoms with van der Waals surface area (Å²) < 4.78 is 34.4. The lowest BCUT2D eigenvalue weighted by Gasteiger charge is -2.22. The fourth-order valence-corrected chi connectivity index (χ4v) is 4.90. The van der Waals surface area contributed by atoms with Crippen LogP contribution in [0.1, 0.15) is 17.0 Å². The van der Waals surface area contributed by atoms with Crippen LogP contribution in [0.15, 0.2) is 63.8 Å². The van der Waals surface area contributed by atoms with Gasteiger partial charge in [-0.1, -0.05) is 23.7 Å². The average Bonchev–Trinajstić information content (AvgIpc) is 3.55. The van der Waals surface area contributed by atoms with E-state index < -0.39 is 23.6 Å². The van der Waals surface area contributed by atoms with Gasteiger partial charge in [-0.25, -0.2) is 4.79 Å². The predicted molar refractivity (Wildman–Crippen MR) is 134 cm³/mol. The molecule has 0 saturated carbocycles. The van der Waals surface area contributed by atoms with Gasteiger partial charge in [-0.2, -0.15) is 0 Å². The zero-order valence-electron chi connectivity index (χ0n) is 19.7. The van der Waals surface area contributed by atoms with Crippen molar-refractivity contribution in [3.63, 3.8) is 0 Å². The van der Waals surface area contributed by atoms with Gasteiger partial charge >= 0.3 is 5.63 Å². The SMILES string of the molecule is COc1cc([C@@H]2c3c(c4ccccc4oc3=O)O[C@@H]2C(=O)Nc2ccc(Cl)cc2)c(OC)c2c1OCO2. The molecule has 0 bridgehead atoms. The lowest BCUT2D eigenvalue weighted by Crippen LogP contribution is -2.35. The highest BCUT2D eigenvalue weighted by Crippen LogP contribution is 2.55. The van der Waals surface area contributed by atoms with E-state index in [4.69, 9.17) is 39.7 Å². The quantitative estimate of drug-likeness (QED) is 0.376. The molecule has 3 heterocycles. The summed E-state index contributed by atoms with van der Waals surface area (Å²) in [6.45, 7) is -0.0312. The largest absolute Gasteiger partial charge is 0.493 e. The maximum absolute atomic E-state index is 13.7. The number of nitrogens with one attached hydrogen (secondary N) is 1. The van der Waals surface area contributed by atoms with Gasteiger partial charge in [0.15, 0.2) is 17.6 Å². The second-order valence-corrected chi connectivity index (χ2v) is 8.84. The number of rotatable bonds is 5.